The molecule has 54 heavy (non-hydrogen) atoms. The fraction of sp³-hybridized carbons (Fsp3) is 0.192. The minimum Gasteiger partial charge on any atom is -0.313 e. The van der Waals surface area contributed by atoms with Crippen LogP contribution in [-0.2, 0) is 12.8 Å². The standard InChI is InChI=1S/C48H40N2.2C2H6/c1-3-16-33(4-2)43-31-35(49-45-23-12-8-19-39(45)40-20-9-13-24-46(40)49)27-29-37(43)38-30-28-36(32-44(38)34-17-6-5-7-18-34)50-47-25-14-10-21-41(47)42-22-11-15-26-48(42)50;2*1-2/h3-6,8-10,12-13,15-17,19-21,23-24,26-32H,1-2,7,11,14,18,22,25H2;2*1-2H3/b33-16+;;. The van der Waals surface area contributed by atoms with Gasteiger partial charge in [0.1, 0.15) is 0 Å². The lowest BCUT2D eigenvalue weighted by molar-refractivity contribution is 0.867. The summed E-state index contributed by atoms with van der Waals surface area (Å²) in [5.41, 5.74) is 17.8. The van der Waals surface area contributed by atoms with Crippen LogP contribution in [0.4, 0.5) is 0 Å². The molecule has 0 aliphatic heterocycles. The highest BCUT2D eigenvalue weighted by Crippen LogP contribution is 2.42. The Morgan fingerprint density at radius 3 is 1.96 bits per heavy atom. The monoisotopic (exact) mass is 704 g/mol. The molecule has 0 saturated carbocycles. The van der Waals surface area contributed by atoms with Crippen LogP contribution in [0, 0.1) is 0 Å². The molecular weight excluding hydrogens is 653 g/mol. The number of benzene rings is 4. The molecule has 2 heterocycles. The van der Waals surface area contributed by atoms with Crippen LogP contribution < -0.4 is 0 Å². The molecule has 2 nitrogen and oxygen atoms in total. The summed E-state index contributed by atoms with van der Waals surface area (Å²) in [6.07, 6.45) is 28.6. The van der Waals surface area contributed by atoms with Gasteiger partial charge in [-0.1, -0.05) is 144 Å². The predicted molar refractivity (Wildman–Crippen MR) is 238 cm³/mol. The highest BCUT2D eigenvalue weighted by molar-refractivity contribution is 6.09. The maximum atomic E-state index is 4.27. The third-order valence-electron chi connectivity index (χ3n) is 10.7. The van der Waals surface area contributed by atoms with E-state index in [4.69, 9.17) is 0 Å². The molecular formula is C52H52N2. The molecule has 3 aliphatic rings. The Hall–Kier alpha value is -5.86. The Morgan fingerprint density at radius 2 is 1.28 bits per heavy atom. The average Bonchev–Trinajstić information content (AvgIpc) is 3.77. The second-order valence-electron chi connectivity index (χ2n) is 13.5. The minimum atomic E-state index is 1.02. The van der Waals surface area contributed by atoms with Gasteiger partial charge in [-0.25, -0.2) is 0 Å². The number of rotatable bonds is 7. The Balaban J connectivity index is 0.00000109. The molecule has 3 aliphatic carbocycles. The molecule has 0 N–H and O–H groups in total. The van der Waals surface area contributed by atoms with Crippen molar-refractivity contribution in [2.75, 3.05) is 0 Å². The molecule has 0 amide bonds. The molecule has 6 aromatic rings. The lowest BCUT2D eigenvalue weighted by Crippen LogP contribution is -2.06. The van der Waals surface area contributed by atoms with Crippen LogP contribution in [0.2, 0.25) is 0 Å². The Bertz CT molecular complexity index is 2460. The van der Waals surface area contributed by atoms with Crippen LogP contribution in [0.5, 0.6) is 0 Å². The number of hydrogen-bond acceptors (Lipinski definition) is 0. The Morgan fingerprint density at radius 1 is 0.630 bits per heavy atom. The predicted octanol–water partition coefficient (Wildman–Crippen LogP) is 14.7. The first-order valence-electron chi connectivity index (χ1n) is 19.9. The molecule has 0 radical (unpaired) electrons. The summed E-state index contributed by atoms with van der Waals surface area (Å²) in [5, 5.41) is 2.52. The van der Waals surface area contributed by atoms with Gasteiger partial charge in [-0.15, -0.1) is 0 Å². The lowest BCUT2D eigenvalue weighted by Gasteiger charge is -2.22. The van der Waals surface area contributed by atoms with Gasteiger partial charge >= 0.3 is 0 Å². The maximum absolute atomic E-state index is 4.27. The molecule has 270 valence electrons. The average molecular weight is 705 g/mol. The van der Waals surface area contributed by atoms with Crippen molar-refractivity contribution in [2.45, 2.75) is 66.2 Å². The van der Waals surface area contributed by atoms with Crippen LogP contribution in [0.25, 0.3) is 67.6 Å². The summed E-state index contributed by atoms with van der Waals surface area (Å²) in [6, 6.07) is 31.5. The van der Waals surface area contributed by atoms with Gasteiger partial charge in [-0.2, -0.15) is 0 Å². The first-order valence-corrected chi connectivity index (χ1v) is 19.9. The molecule has 2 aromatic heterocycles. The third kappa shape index (κ3) is 6.41. The first kappa shape index (κ1) is 36.5. The van der Waals surface area contributed by atoms with Crippen LogP contribution in [-0.4, -0.2) is 9.13 Å². The number of allylic oxidation sites excluding steroid dienone is 10. The van der Waals surface area contributed by atoms with E-state index in [1.807, 2.05) is 39.8 Å². The summed E-state index contributed by atoms with van der Waals surface area (Å²) in [7, 11) is 0. The largest absolute Gasteiger partial charge is 0.313 e. The van der Waals surface area contributed by atoms with Crippen LogP contribution >= 0.6 is 0 Å². The number of hydrogen-bond donors (Lipinski definition) is 0. The van der Waals surface area contributed by atoms with Crippen molar-refractivity contribution < 1.29 is 0 Å². The number of aromatic nitrogens is 2. The molecule has 0 fully saturated rings. The quantitative estimate of drug-likeness (QED) is 0.146. The van der Waals surface area contributed by atoms with Crippen molar-refractivity contribution in [1.29, 1.82) is 0 Å². The van der Waals surface area contributed by atoms with Gasteiger partial charge in [0.25, 0.3) is 0 Å². The highest BCUT2D eigenvalue weighted by Gasteiger charge is 2.25. The first-order chi connectivity index (χ1) is 26.7. The number of para-hydroxylation sites is 2. The van der Waals surface area contributed by atoms with E-state index < -0.39 is 0 Å². The van der Waals surface area contributed by atoms with E-state index in [2.05, 4.69) is 156 Å². The topological polar surface area (TPSA) is 9.86 Å². The van der Waals surface area contributed by atoms with Gasteiger partial charge in [-0.05, 0) is 126 Å². The van der Waals surface area contributed by atoms with Gasteiger partial charge in [0.2, 0.25) is 0 Å². The van der Waals surface area contributed by atoms with E-state index in [9.17, 15) is 0 Å². The van der Waals surface area contributed by atoms with Gasteiger partial charge in [0.15, 0.2) is 0 Å². The zero-order chi connectivity index (χ0) is 37.6. The molecule has 9 rings (SSSR count). The van der Waals surface area contributed by atoms with Gasteiger partial charge in [0.05, 0.1) is 11.0 Å². The fourth-order valence-corrected chi connectivity index (χ4v) is 8.47. The molecule has 0 atom stereocenters. The summed E-state index contributed by atoms with van der Waals surface area (Å²) in [6.45, 7) is 16.3. The molecule has 4 aromatic carbocycles. The summed E-state index contributed by atoms with van der Waals surface area (Å²) < 4.78 is 4.95. The number of fused-ring (bicyclic) bond motifs is 6. The van der Waals surface area contributed by atoms with Crippen molar-refractivity contribution in [3.63, 3.8) is 0 Å². The SMILES string of the molecule is C=C/C=C(\C=C)c1cc(-n2c3ccccc3c3ccccc32)ccc1-c1ccc(-n2c3c(c4c2CCC=C4)CCC=C3)cc1C1=CC=CCC1.CC.CC. The van der Waals surface area contributed by atoms with E-state index in [1.54, 1.807) is 0 Å². The van der Waals surface area contributed by atoms with Crippen molar-refractivity contribution in [3.05, 3.63) is 180 Å². The van der Waals surface area contributed by atoms with E-state index in [1.165, 1.54) is 72.3 Å². The molecule has 0 spiro atoms. The number of nitrogens with zero attached hydrogens (tertiary/aromatic N) is 2. The zero-order valence-electron chi connectivity index (χ0n) is 32.4. The normalized spacial score (nSPS) is 14.4. The second-order valence-corrected chi connectivity index (χ2v) is 13.5. The van der Waals surface area contributed by atoms with E-state index in [0.717, 1.165) is 55.3 Å². The summed E-state index contributed by atoms with van der Waals surface area (Å²) in [4.78, 5) is 0. The van der Waals surface area contributed by atoms with Crippen molar-refractivity contribution >= 4 is 45.1 Å². The van der Waals surface area contributed by atoms with Crippen molar-refractivity contribution in [3.8, 4) is 22.5 Å². The summed E-state index contributed by atoms with van der Waals surface area (Å²) >= 11 is 0. The fourth-order valence-electron chi connectivity index (χ4n) is 8.47. The summed E-state index contributed by atoms with van der Waals surface area (Å²) in [5.74, 6) is 0. The van der Waals surface area contributed by atoms with Gasteiger partial charge in [0, 0.05) is 33.5 Å². The van der Waals surface area contributed by atoms with Gasteiger partial charge in [-0.3, -0.25) is 0 Å². The van der Waals surface area contributed by atoms with Gasteiger partial charge < -0.3 is 9.13 Å². The Labute approximate surface area is 322 Å². The molecule has 2 heteroatoms. The lowest BCUT2D eigenvalue weighted by atomic mass is 9.86. The van der Waals surface area contributed by atoms with Crippen molar-refractivity contribution in [1.82, 2.24) is 9.13 Å². The van der Waals surface area contributed by atoms with Crippen LogP contribution in [0.15, 0.2) is 147 Å². The van der Waals surface area contributed by atoms with Crippen LogP contribution in [0.3, 0.4) is 0 Å². The van der Waals surface area contributed by atoms with E-state index in [-0.39, 0.29) is 0 Å². The molecule has 0 unspecified atom stereocenters. The van der Waals surface area contributed by atoms with E-state index in [0.29, 0.717) is 0 Å². The maximum Gasteiger partial charge on any atom is 0.0541 e. The third-order valence-corrected chi connectivity index (χ3v) is 10.7. The smallest absolute Gasteiger partial charge is 0.0541 e. The van der Waals surface area contributed by atoms with Crippen LogP contribution in [0.1, 0.15) is 87.0 Å². The highest BCUT2D eigenvalue weighted by atomic mass is 15.0. The zero-order valence-corrected chi connectivity index (χ0v) is 32.4. The van der Waals surface area contributed by atoms with Crippen molar-refractivity contribution in [2.24, 2.45) is 0 Å². The van der Waals surface area contributed by atoms with E-state index >= 15 is 0 Å². The molecule has 0 saturated heterocycles. The molecule has 0 bridgehead atoms. The minimum absolute atomic E-state index is 1.02. The second kappa shape index (κ2) is 16.4. The Kier molecular flexibility index (Phi) is 11.1.